The number of rotatable bonds is 2. The maximum Gasteiger partial charge on any atom is 0.335 e. The Hall–Kier alpha value is -1.77. The van der Waals surface area contributed by atoms with Crippen LogP contribution in [0, 0.1) is 0 Å². The van der Waals surface area contributed by atoms with Crippen molar-refractivity contribution in [3.8, 4) is 0 Å². The van der Waals surface area contributed by atoms with Crippen LogP contribution in [0.5, 0.6) is 0 Å². The van der Waals surface area contributed by atoms with Gasteiger partial charge >= 0.3 is 5.97 Å². The quantitative estimate of drug-likeness (QED) is 0.776. The smallest absolute Gasteiger partial charge is 0.335 e. The van der Waals surface area contributed by atoms with Crippen molar-refractivity contribution in [2.24, 2.45) is 0 Å². The van der Waals surface area contributed by atoms with Gasteiger partial charge in [0.05, 0.1) is 5.56 Å². The van der Waals surface area contributed by atoms with Crippen molar-refractivity contribution in [2.75, 3.05) is 11.9 Å². The number of benzene rings is 1. The second-order valence-electron chi connectivity index (χ2n) is 3.62. The van der Waals surface area contributed by atoms with Crippen LogP contribution in [0.4, 0.5) is 5.69 Å². The van der Waals surface area contributed by atoms with E-state index < -0.39 is 5.97 Å². The molecular weight excluding hydrogens is 190 g/mol. The van der Waals surface area contributed by atoms with E-state index in [9.17, 15) is 4.79 Å². The average molecular weight is 203 g/mol. The number of carboxylic acids is 1. The molecule has 2 N–H and O–H groups in total. The minimum Gasteiger partial charge on any atom is -0.478 e. The highest BCUT2D eigenvalue weighted by Gasteiger charge is 2.11. The van der Waals surface area contributed by atoms with E-state index in [2.05, 4.69) is 18.3 Å². The number of nitrogens with one attached hydrogen (secondary N) is 1. The first kappa shape index (κ1) is 9.77. The minimum atomic E-state index is -0.884. The summed E-state index contributed by atoms with van der Waals surface area (Å²) in [6.07, 6.45) is 3.14. The Balaban J connectivity index is 2.41. The van der Waals surface area contributed by atoms with Crippen molar-refractivity contribution in [3.63, 3.8) is 0 Å². The first-order valence-electron chi connectivity index (χ1n) is 5.01. The summed E-state index contributed by atoms with van der Waals surface area (Å²) in [5.41, 5.74) is 3.65. The zero-order valence-electron chi connectivity index (χ0n) is 8.58. The SMILES string of the molecule is CCC1=Cc2ccc(C(=O)O)cc2NC1. The third kappa shape index (κ3) is 1.86. The van der Waals surface area contributed by atoms with Crippen molar-refractivity contribution < 1.29 is 9.90 Å². The normalized spacial score (nSPS) is 13.8. The third-order valence-corrected chi connectivity index (χ3v) is 2.62. The van der Waals surface area contributed by atoms with Crippen LogP contribution < -0.4 is 5.32 Å². The number of hydrogen-bond donors (Lipinski definition) is 2. The Morgan fingerprint density at radius 2 is 2.33 bits per heavy atom. The summed E-state index contributed by atoms with van der Waals surface area (Å²) in [7, 11) is 0. The molecule has 2 rings (SSSR count). The summed E-state index contributed by atoms with van der Waals surface area (Å²) < 4.78 is 0. The van der Waals surface area contributed by atoms with E-state index >= 15 is 0 Å². The number of anilines is 1. The molecule has 0 saturated carbocycles. The molecule has 15 heavy (non-hydrogen) atoms. The Morgan fingerprint density at radius 3 is 3.00 bits per heavy atom. The second-order valence-corrected chi connectivity index (χ2v) is 3.62. The van der Waals surface area contributed by atoms with Gasteiger partial charge in [-0.1, -0.05) is 24.6 Å². The van der Waals surface area contributed by atoms with Crippen LogP contribution in [0.1, 0.15) is 29.3 Å². The Bertz CT molecular complexity index is 435. The maximum absolute atomic E-state index is 10.8. The lowest BCUT2D eigenvalue weighted by Crippen LogP contribution is -2.11. The molecule has 0 aliphatic carbocycles. The number of carboxylic acid groups (broad SMARTS) is 1. The molecule has 1 heterocycles. The van der Waals surface area contributed by atoms with Gasteiger partial charge in [-0.25, -0.2) is 4.79 Å². The van der Waals surface area contributed by atoms with E-state index in [1.54, 1.807) is 12.1 Å². The first-order chi connectivity index (χ1) is 7.20. The summed E-state index contributed by atoms with van der Waals surface area (Å²) in [6.45, 7) is 2.93. The molecule has 1 aliphatic rings. The lowest BCUT2D eigenvalue weighted by Gasteiger charge is -2.18. The fourth-order valence-corrected chi connectivity index (χ4v) is 1.68. The summed E-state index contributed by atoms with van der Waals surface area (Å²) >= 11 is 0. The van der Waals surface area contributed by atoms with Crippen LogP contribution in [0.3, 0.4) is 0 Å². The van der Waals surface area contributed by atoms with Crippen molar-refractivity contribution in [3.05, 3.63) is 34.9 Å². The standard InChI is InChI=1S/C12H13NO2/c1-2-8-5-9-3-4-10(12(14)15)6-11(9)13-7-8/h3-6,13H,2,7H2,1H3,(H,14,15). The lowest BCUT2D eigenvalue weighted by atomic mass is 10.0. The van der Waals surface area contributed by atoms with Crippen molar-refractivity contribution >= 4 is 17.7 Å². The van der Waals surface area contributed by atoms with Crippen LogP contribution >= 0.6 is 0 Å². The van der Waals surface area contributed by atoms with Crippen LogP contribution in [-0.2, 0) is 0 Å². The Morgan fingerprint density at radius 1 is 1.53 bits per heavy atom. The molecule has 3 nitrogen and oxygen atoms in total. The van der Waals surface area contributed by atoms with Gasteiger partial charge in [-0.15, -0.1) is 0 Å². The zero-order valence-corrected chi connectivity index (χ0v) is 8.58. The lowest BCUT2D eigenvalue weighted by molar-refractivity contribution is 0.0697. The van der Waals surface area contributed by atoms with Gasteiger partial charge in [-0.2, -0.15) is 0 Å². The molecule has 1 aliphatic heterocycles. The minimum absolute atomic E-state index is 0.328. The van der Waals surface area contributed by atoms with Gasteiger partial charge < -0.3 is 10.4 Å². The molecule has 0 unspecified atom stereocenters. The predicted molar refractivity (Wildman–Crippen MR) is 60.2 cm³/mol. The summed E-state index contributed by atoms with van der Waals surface area (Å²) in [5, 5.41) is 12.1. The maximum atomic E-state index is 10.8. The Labute approximate surface area is 88.4 Å². The largest absolute Gasteiger partial charge is 0.478 e. The molecule has 0 radical (unpaired) electrons. The van der Waals surface area contributed by atoms with Crippen molar-refractivity contribution in [1.82, 2.24) is 0 Å². The molecule has 0 fully saturated rings. The van der Waals surface area contributed by atoms with Gasteiger partial charge in [0.25, 0.3) is 0 Å². The first-order valence-corrected chi connectivity index (χ1v) is 5.01. The number of hydrogen-bond acceptors (Lipinski definition) is 2. The van der Waals surface area contributed by atoms with Gasteiger partial charge in [0.15, 0.2) is 0 Å². The molecule has 0 atom stereocenters. The van der Waals surface area contributed by atoms with Crippen LogP contribution in [0.2, 0.25) is 0 Å². The van der Waals surface area contributed by atoms with Crippen LogP contribution in [0.15, 0.2) is 23.8 Å². The highest BCUT2D eigenvalue weighted by atomic mass is 16.4. The van der Waals surface area contributed by atoms with E-state index in [4.69, 9.17) is 5.11 Å². The van der Waals surface area contributed by atoms with E-state index in [0.29, 0.717) is 5.56 Å². The van der Waals surface area contributed by atoms with E-state index in [1.165, 1.54) is 5.57 Å². The topological polar surface area (TPSA) is 49.3 Å². The second kappa shape index (κ2) is 3.77. The molecule has 3 heteroatoms. The third-order valence-electron chi connectivity index (χ3n) is 2.62. The molecule has 0 amide bonds. The van der Waals surface area contributed by atoms with Gasteiger partial charge in [0.2, 0.25) is 0 Å². The van der Waals surface area contributed by atoms with Gasteiger partial charge in [0, 0.05) is 12.2 Å². The highest BCUT2D eigenvalue weighted by Crippen LogP contribution is 2.25. The molecule has 0 saturated heterocycles. The van der Waals surface area contributed by atoms with Crippen molar-refractivity contribution in [1.29, 1.82) is 0 Å². The monoisotopic (exact) mass is 203 g/mol. The number of fused-ring (bicyclic) bond motifs is 1. The van der Waals surface area contributed by atoms with Crippen LogP contribution in [0.25, 0.3) is 6.08 Å². The number of carbonyl (C=O) groups is 1. The molecule has 0 spiro atoms. The average Bonchev–Trinajstić information content (AvgIpc) is 2.27. The Kier molecular flexibility index (Phi) is 2.46. The van der Waals surface area contributed by atoms with Crippen molar-refractivity contribution in [2.45, 2.75) is 13.3 Å². The van der Waals surface area contributed by atoms with E-state index in [1.807, 2.05) is 6.07 Å². The van der Waals surface area contributed by atoms with Gasteiger partial charge in [-0.3, -0.25) is 0 Å². The fraction of sp³-hybridized carbons (Fsp3) is 0.250. The number of aromatic carboxylic acids is 1. The summed E-state index contributed by atoms with van der Waals surface area (Å²) in [5.74, 6) is -0.884. The summed E-state index contributed by atoms with van der Waals surface area (Å²) in [4.78, 5) is 10.8. The van der Waals surface area contributed by atoms with E-state index in [-0.39, 0.29) is 0 Å². The van der Waals surface area contributed by atoms with Gasteiger partial charge in [-0.05, 0) is 24.1 Å². The molecule has 1 aromatic rings. The molecule has 0 bridgehead atoms. The van der Waals surface area contributed by atoms with Gasteiger partial charge in [0.1, 0.15) is 0 Å². The molecule has 0 aromatic heterocycles. The van der Waals surface area contributed by atoms with Crippen LogP contribution in [-0.4, -0.2) is 17.6 Å². The summed E-state index contributed by atoms with van der Waals surface area (Å²) in [6, 6.07) is 5.17. The zero-order chi connectivity index (χ0) is 10.8. The molecule has 1 aromatic carbocycles. The van der Waals surface area contributed by atoms with E-state index in [0.717, 1.165) is 24.2 Å². The fourth-order valence-electron chi connectivity index (χ4n) is 1.68. The predicted octanol–water partition coefficient (Wildman–Crippen LogP) is 2.60. The molecule has 78 valence electrons. The highest BCUT2D eigenvalue weighted by molar-refractivity contribution is 5.90. The molecular formula is C12H13NO2.